The smallest absolute Gasteiger partial charge is 0.101 e. The van der Waals surface area contributed by atoms with Crippen LogP contribution in [0.2, 0.25) is 0 Å². The second-order valence-corrected chi connectivity index (χ2v) is 12.2. The normalized spacial score (nSPS) is 15.4. The molecule has 0 saturated heterocycles. The van der Waals surface area contributed by atoms with Crippen molar-refractivity contribution in [3.63, 3.8) is 0 Å². The molecule has 37 heavy (non-hydrogen) atoms. The van der Waals surface area contributed by atoms with Gasteiger partial charge in [-0.15, -0.1) is 0 Å². The fourth-order valence-corrected chi connectivity index (χ4v) is 5.98. The molecule has 220 valence electrons. The molecule has 0 aromatic heterocycles. The van der Waals surface area contributed by atoms with Crippen LogP contribution in [-0.4, -0.2) is 29.1 Å². The monoisotopic (exact) mass is 519 g/mol. The molecule has 0 aromatic carbocycles. The van der Waals surface area contributed by atoms with E-state index in [-0.39, 0.29) is 0 Å². The minimum Gasteiger partial charge on any atom is -0.356 e. The first-order valence-electron chi connectivity index (χ1n) is 17.5. The van der Waals surface area contributed by atoms with Crippen LogP contribution >= 0.6 is 0 Å². The fourth-order valence-electron chi connectivity index (χ4n) is 5.98. The standard InChI is InChI=1S/C35H70N2/c1-4-7-10-12-14-16-18-20-22-24-26-28-30-35-36(31-9-6-3)33-34-37(35)32-29-27-25-23-21-19-17-15-13-11-8-5-2/h33-35H,4-32H2,1-3H3. The molecule has 2 heteroatoms. The molecule has 1 aliphatic heterocycles. The molecular formula is C35H70N2. The molecule has 0 saturated carbocycles. The SMILES string of the molecule is CCCCCCCCCCCCCCC1N(CCCC)C=CN1CCCCCCCCCCCCCC. The van der Waals surface area contributed by atoms with E-state index in [0.29, 0.717) is 6.17 Å². The molecule has 1 heterocycles. The number of unbranched alkanes of at least 4 members (excludes halogenated alkanes) is 23. The third-order valence-electron chi connectivity index (χ3n) is 8.57. The first kappa shape index (κ1) is 34.4. The van der Waals surface area contributed by atoms with E-state index in [1.165, 1.54) is 186 Å². The Balaban J connectivity index is 2.08. The van der Waals surface area contributed by atoms with Crippen molar-refractivity contribution < 1.29 is 0 Å². The first-order valence-corrected chi connectivity index (χ1v) is 17.5. The van der Waals surface area contributed by atoms with Crippen LogP contribution in [-0.2, 0) is 0 Å². The molecule has 0 fully saturated rings. The summed E-state index contributed by atoms with van der Waals surface area (Å²) in [5, 5.41) is 0. The maximum atomic E-state index is 2.69. The molecule has 1 atom stereocenters. The predicted octanol–water partition coefficient (Wildman–Crippen LogP) is 12.0. The van der Waals surface area contributed by atoms with E-state index in [1.807, 2.05) is 0 Å². The number of hydrogen-bond donors (Lipinski definition) is 0. The van der Waals surface area contributed by atoms with Crippen molar-refractivity contribution in [2.75, 3.05) is 13.1 Å². The Bertz CT molecular complexity index is 474. The first-order chi connectivity index (χ1) is 18.3. The molecule has 0 aromatic rings. The molecule has 0 N–H and O–H groups in total. The molecule has 0 spiro atoms. The van der Waals surface area contributed by atoms with Crippen LogP contribution < -0.4 is 0 Å². The third-order valence-corrected chi connectivity index (χ3v) is 8.57. The summed E-state index contributed by atoms with van der Waals surface area (Å²) in [4.78, 5) is 5.34. The summed E-state index contributed by atoms with van der Waals surface area (Å²) in [5.74, 6) is 0. The zero-order valence-electron chi connectivity index (χ0n) is 26.1. The molecule has 0 radical (unpaired) electrons. The van der Waals surface area contributed by atoms with Crippen LogP contribution in [0.5, 0.6) is 0 Å². The summed E-state index contributed by atoms with van der Waals surface area (Å²) >= 11 is 0. The lowest BCUT2D eigenvalue weighted by molar-refractivity contribution is 0.136. The van der Waals surface area contributed by atoms with Gasteiger partial charge in [-0.3, -0.25) is 0 Å². The van der Waals surface area contributed by atoms with E-state index in [0.717, 1.165) is 0 Å². The highest BCUT2D eigenvalue weighted by Gasteiger charge is 2.24. The summed E-state index contributed by atoms with van der Waals surface area (Å²) < 4.78 is 0. The second-order valence-electron chi connectivity index (χ2n) is 12.2. The van der Waals surface area contributed by atoms with Gasteiger partial charge in [0, 0.05) is 25.5 Å². The highest BCUT2D eigenvalue weighted by atomic mass is 15.4. The van der Waals surface area contributed by atoms with Gasteiger partial charge in [0.1, 0.15) is 6.17 Å². The molecule has 0 aliphatic carbocycles. The molecule has 2 nitrogen and oxygen atoms in total. The van der Waals surface area contributed by atoms with Gasteiger partial charge in [-0.2, -0.15) is 0 Å². The van der Waals surface area contributed by atoms with Gasteiger partial charge in [0.25, 0.3) is 0 Å². The van der Waals surface area contributed by atoms with Gasteiger partial charge in [0.2, 0.25) is 0 Å². The van der Waals surface area contributed by atoms with Crippen LogP contribution in [0.25, 0.3) is 0 Å². The average Bonchev–Trinajstić information content (AvgIpc) is 3.29. The fraction of sp³-hybridized carbons (Fsp3) is 0.943. The predicted molar refractivity (Wildman–Crippen MR) is 168 cm³/mol. The molecular weight excluding hydrogens is 448 g/mol. The van der Waals surface area contributed by atoms with Crippen molar-refractivity contribution in [3.8, 4) is 0 Å². The van der Waals surface area contributed by atoms with Crippen LogP contribution in [0.4, 0.5) is 0 Å². The third kappa shape index (κ3) is 20.0. The van der Waals surface area contributed by atoms with Crippen molar-refractivity contribution >= 4 is 0 Å². The Labute approximate surface area is 235 Å². The van der Waals surface area contributed by atoms with Gasteiger partial charge in [0.15, 0.2) is 0 Å². The largest absolute Gasteiger partial charge is 0.356 e. The summed E-state index contributed by atoms with van der Waals surface area (Å²) in [6.45, 7) is 9.45. The van der Waals surface area contributed by atoms with Gasteiger partial charge in [-0.05, 0) is 25.7 Å². The van der Waals surface area contributed by atoms with Crippen LogP contribution in [0.3, 0.4) is 0 Å². The topological polar surface area (TPSA) is 6.48 Å². The lowest BCUT2D eigenvalue weighted by Crippen LogP contribution is -2.39. The van der Waals surface area contributed by atoms with E-state index in [4.69, 9.17) is 0 Å². The molecule has 1 unspecified atom stereocenters. The van der Waals surface area contributed by atoms with Crippen LogP contribution in [0.15, 0.2) is 12.4 Å². The highest BCUT2D eigenvalue weighted by Crippen LogP contribution is 2.23. The van der Waals surface area contributed by atoms with Crippen molar-refractivity contribution in [2.45, 2.75) is 200 Å². The lowest BCUT2D eigenvalue weighted by Gasteiger charge is -2.33. The molecule has 1 aliphatic rings. The van der Waals surface area contributed by atoms with Crippen LogP contribution in [0, 0.1) is 0 Å². The van der Waals surface area contributed by atoms with Gasteiger partial charge in [0.05, 0.1) is 0 Å². The van der Waals surface area contributed by atoms with E-state index in [2.05, 4.69) is 43.0 Å². The maximum Gasteiger partial charge on any atom is 0.101 e. The Hall–Kier alpha value is -0.660. The van der Waals surface area contributed by atoms with Crippen molar-refractivity contribution in [1.29, 1.82) is 0 Å². The lowest BCUT2D eigenvalue weighted by atomic mass is 10.0. The molecule has 0 bridgehead atoms. The summed E-state index contributed by atoms with van der Waals surface area (Å²) in [7, 11) is 0. The summed E-state index contributed by atoms with van der Waals surface area (Å²) in [6.07, 6.45) is 44.0. The summed E-state index contributed by atoms with van der Waals surface area (Å²) in [5.41, 5.74) is 0. The van der Waals surface area contributed by atoms with Crippen LogP contribution in [0.1, 0.15) is 194 Å². The summed E-state index contributed by atoms with van der Waals surface area (Å²) in [6, 6.07) is 0. The van der Waals surface area contributed by atoms with Gasteiger partial charge in [-0.1, -0.05) is 168 Å². The number of hydrogen-bond acceptors (Lipinski definition) is 2. The Morgan fingerprint density at radius 2 is 0.649 bits per heavy atom. The van der Waals surface area contributed by atoms with E-state index < -0.39 is 0 Å². The average molecular weight is 519 g/mol. The second kappa shape index (κ2) is 26.9. The van der Waals surface area contributed by atoms with Gasteiger partial charge < -0.3 is 9.80 Å². The quantitative estimate of drug-likeness (QED) is 0.0908. The van der Waals surface area contributed by atoms with Crippen molar-refractivity contribution in [1.82, 2.24) is 9.80 Å². The number of nitrogens with zero attached hydrogens (tertiary/aromatic N) is 2. The van der Waals surface area contributed by atoms with E-state index >= 15 is 0 Å². The number of rotatable bonds is 29. The maximum absolute atomic E-state index is 2.69. The van der Waals surface area contributed by atoms with Gasteiger partial charge >= 0.3 is 0 Å². The van der Waals surface area contributed by atoms with Crippen molar-refractivity contribution in [2.24, 2.45) is 0 Å². The zero-order chi connectivity index (χ0) is 26.7. The Morgan fingerprint density at radius 1 is 0.351 bits per heavy atom. The minimum absolute atomic E-state index is 0.641. The minimum atomic E-state index is 0.641. The Kier molecular flexibility index (Phi) is 25.0. The molecule has 0 amide bonds. The van der Waals surface area contributed by atoms with Crippen molar-refractivity contribution in [3.05, 3.63) is 12.4 Å². The van der Waals surface area contributed by atoms with E-state index in [9.17, 15) is 0 Å². The molecule has 1 rings (SSSR count). The van der Waals surface area contributed by atoms with Gasteiger partial charge in [-0.25, -0.2) is 0 Å². The highest BCUT2D eigenvalue weighted by molar-refractivity contribution is 4.96. The Morgan fingerprint density at radius 3 is 1.03 bits per heavy atom. The van der Waals surface area contributed by atoms with E-state index in [1.54, 1.807) is 0 Å². The zero-order valence-corrected chi connectivity index (χ0v) is 26.1.